The zero-order valence-electron chi connectivity index (χ0n) is 11.5. The third-order valence-electron chi connectivity index (χ3n) is 2.90. The number of halogens is 1. The summed E-state index contributed by atoms with van der Waals surface area (Å²) >= 11 is 5.06. The Balaban J connectivity index is 2.07. The minimum atomic E-state index is 0.258. The van der Waals surface area contributed by atoms with Crippen LogP contribution in [0.5, 0.6) is 5.75 Å². The van der Waals surface area contributed by atoms with E-state index in [9.17, 15) is 0 Å². The number of nitrogens with zero attached hydrogens (tertiary/aromatic N) is 2. The van der Waals surface area contributed by atoms with E-state index in [1.54, 1.807) is 18.4 Å². The van der Waals surface area contributed by atoms with Gasteiger partial charge >= 0.3 is 0 Å². The van der Waals surface area contributed by atoms with Crippen LogP contribution in [0, 0.1) is 6.92 Å². The molecule has 108 valence electrons. The van der Waals surface area contributed by atoms with Gasteiger partial charge in [0, 0.05) is 21.1 Å². The normalized spacial score (nSPS) is 10.8. The molecule has 0 aliphatic carbocycles. The first kappa shape index (κ1) is 14.1. The van der Waals surface area contributed by atoms with Crippen LogP contribution >= 0.6 is 27.3 Å². The van der Waals surface area contributed by atoms with Gasteiger partial charge in [-0.15, -0.1) is 11.3 Å². The predicted octanol–water partition coefficient (Wildman–Crippen LogP) is 4.10. The Morgan fingerprint density at radius 1 is 1.24 bits per heavy atom. The first-order valence-corrected chi connectivity index (χ1v) is 7.81. The average molecular weight is 365 g/mol. The fraction of sp³-hybridized carbons (Fsp3) is 0.143. The van der Waals surface area contributed by atoms with Crippen molar-refractivity contribution in [3.63, 3.8) is 0 Å². The summed E-state index contributed by atoms with van der Waals surface area (Å²) in [6, 6.07) is 7.79. The van der Waals surface area contributed by atoms with E-state index in [1.807, 2.05) is 25.1 Å². The van der Waals surface area contributed by atoms with Crippen LogP contribution in [0.3, 0.4) is 0 Å². The molecule has 21 heavy (non-hydrogen) atoms. The fourth-order valence-electron chi connectivity index (χ4n) is 2.04. The Morgan fingerprint density at radius 2 is 2.05 bits per heavy atom. The lowest BCUT2D eigenvalue weighted by atomic mass is 10.3. The van der Waals surface area contributed by atoms with E-state index in [0.29, 0.717) is 5.82 Å². The van der Waals surface area contributed by atoms with Gasteiger partial charge in [0.05, 0.1) is 12.5 Å². The highest BCUT2D eigenvalue weighted by atomic mass is 79.9. The number of thiophene rings is 1. The Labute approximate surface area is 134 Å². The van der Waals surface area contributed by atoms with Gasteiger partial charge in [-0.2, -0.15) is 4.98 Å². The number of nitrogens with two attached hydrogens (primary N) is 1. The number of aryl methyl sites for hydroxylation is 1. The van der Waals surface area contributed by atoms with Crippen molar-refractivity contribution in [3.8, 4) is 5.75 Å². The Morgan fingerprint density at radius 3 is 2.81 bits per heavy atom. The van der Waals surface area contributed by atoms with E-state index < -0.39 is 0 Å². The maximum atomic E-state index is 5.78. The number of ether oxygens (including phenoxy) is 1. The molecule has 0 saturated carbocycles. The zero-order valence-corrected chi connectivity index (χ0v) is 13.9. The minimum Gasteiger partial charge on any atom is -0.497 e. The summed E-state index contributed by atoms with van der Waals surface area (Å²) < 4.78 is 6.18. The fourth-order valence-corrected chi connectivity index (χ4v) is 3.40. The molecule has 0 unspecified atom stereocenters. The molecule has 1 aromatic carbocycles. The van der Waals surface area contributed by atoms with Gasteiger partial charge in [-0.05, 0) is 25.1 Å². The minimum absolute atomic E-state index is 0.258. The van der Waals surface area contributed by atoms with Crippen molar-refractivity contribution in [2.75, 3.05) is 18.2 Å². The third kappa shape index (κ3) is 2.93. The maximum Gasteiger partial charge on any atom is 0.223 e. The molecular weight excluding hydrogens is 352 g/mol. The monoisotopic (exact) mass is 364 g/mol. The number of hydrogen-bond acceptors (Lipinski definition) is 6. The van der Waals surface area contributed by atoms with Crippen LogP contribution in [0.15, 0.2) is 28.7 Å². The number of methoxy groups -OCH3 is 1. The molecule has 2 aromatic heterocycles. The predicted molar refractivity (Wildman–Crippen MR) is 90.5 cm³/mol. The number of hydrogen-bond donors (Lipinski definition) is 2. The zero-order chi connectivity index (χ0) is 15.0. The average Bonchev–Trinajstić information content (AvgIpc) is 2.78. The molecule has 0 spiro atoms. The van der Waals surface area contributed by atoms with Gasteiger partial charge in [-0.1, -0.05) is 15.9 Å². The number of nitrogen functional groups attached to an aromatic ring is 1. The highest BCUT2D eigenvalue weighted by Gasteiger charge is 2.10. The second kappa shape index (κ2) is 5.50. The van der Waals surface area contributed by atoms with Crippen molar-refractivity contribution in [2.45, 2.75) is 6.92 Å². The molecular formula is C14H13BrN4OS. The van der Waals surface area contributed by atoms with Crippen molar-refractivity contribution in [2.24, 2.45) is 0 Å². The lowest BCUT2D eigenvalue weighted by Crippen LogP contribution is -2.00. The summed E-state index contributed by atoms with van der Waals surface area (Å²) in [6.45, 7) is 2.04. The molecule has 0 bridgehead atoms. The van der Waals surface area contributed by atoms with E-state index in [-0.39, 0.29) is 5.95 Å². The number of rotatable bonds is 3. The lowest BCUT2D eigenvalue weighted by Gasteiger charge is -2.09. The van der Waals surface area contributed by atoms with Gasteiger partial charge in [-0.25, -0.2) is 4.98 Å². The quantitative estimate of drug-likeness (QED) is 0.731. The standard InChI is InChI=1S/C14H13BrN4OS/c1-7-3-11-12(18-14(16)19-13(11)21-7)17-9-4-8(15)5-10(6-9)20-2/h3-6H,1-2H3,(H3,16,17,18,19). The second-order valence-corrected chi connectivity index (χ2v) is 6.66. The van der Waals surface area contributed by atoms with Crippen LogP contribution in [-0.4, -0.2) is 17.1 Å². The Kier molecular flexibility index (Phi) is 3.69. The van der Waals surface area contributed by atoms with Crippen LogP contribution < -0.4 is 15.8 Å². The molecule has 0 radical (unpaired) electrons. The summed E-state index contributed by atoms with van der Waals surface area (Å²) in [5.74, 6) is 1.71. The summed E-state index contributed by atoms with van der Waals surface area (Å²) in [4.78, 5) is 10.6. The molecule has 3 aromatic rings. The van der Waals surface area contributed by atoms with Crippen LogP contribution in [0.25, 0.3) is 10.2 Å². The Bertz CT molecular complexity index is 818. The van der Waals surface area contributed by atoms with Crippen LogP contribution in [0.1, 0.15) is 4.88 Å². The first-order valence-electron chi connectivity index (χ1n) is 6.20. The summed E-state index contributed by atoms with van der Waals surface area (Å²) in [5, 5.41) is 4.25. The van der Waals surface area contributed by atoms with Crippen molar-refractivity contribution < 1.29 is 4.74 Å². The van der Waals surface area contributed by atoms with Crippen molar-refractivity contribution in [1.82, 2.24) is 9.97 Å². The SMILES string of the molecule is COc1cc(Br)cc(Nc2nc(N)nc3sc(C)cc23)c1. The molecule has 0 atom stereocenters. The molecule has 0 amide bonds. The van der Waals surface area contributed by atoms with Crippen molar-refractivity contribution >= 4 is 54.9 Å². The van der Waals surface area contributed by atoms with Crippen LogP contribution in [0.2, 0.25) is 0 Å². The summed E-state index contributed by atoms with van der Waals surface area (Å²) in [6.07, 6.45) is 0. The molecule has 0 saturated heterocycles. The second-order valence-electron chi connectivity index (χ2n) is 4.51. The van der Waals surface area contributed by atoms with Crippen LogP contribution in [-0.2, 0) is 0 Å². The highest BCUT2D eigenvalue weighted by molar-refractivity contribution is 9.10. The third-order valence-corrected chi connectivity index (χ3v) is 4.31. The van der Waals surface area contributed by atoms with Gasteiger partial charge < -0.3 is 15.8 Å². The number of anilines is 3. The van der Waals surface area contributed by atoms with E-state index >= 15 is 0 Å². The number of aromatic nitrogens is 2. The number of fused-ring (bicyclic) bond motifs is 1. The first-order chi connectivity index (χ1) is 10.0. The molecule has 0 fully saturated rings. The van der Waals surface area contributed by atoms with E-state index in [4.69, 9.17) is 10.5 Å². The largest absolute Gasteiger partial charge is 0.497 e. The number of benzene rings is 1. The van der Waals surface area contributed by atoms with Gasteiger partial charge in [-0.3, -0.25) is 0 Å². The smallest absolute Gasteiger partial charge is 0.223 e. The molecule has 3 N–H and O–H groups in total. The van der Waals surface area contributed by atoms with Gasteiger partial charge in [0.2, 0.25) is 5.95 Å². The molecule has 0 aliphatic heterocycles. The Hall–Kier alpha value is -1.86. The summed E-state index contributed by atoms with van der Waals surface area (Å²) in [7, 11) is 1.63. The van der Waals surface area contributed by atoms with Crippen LogP contribution in [0.4, 0.5) is 17.5 Å². The lowest BCUT2D eigenvalue weighted by molar-refractivity contribution is 0.415. The molecule has 7 heteroatoms. The van der Waals surface area contributed by atoms with E-state index in [2.05, 4.69) is 37.3 Å². The maximum absolute atomic E-state index is 5.78. The van der Waals surface area contributed by atoms with Crippen molar-refractivity contribution in [1.29, 1.82) is 0 Å². The topological polar surface area (TPSA) is 73.1 Å². The number of nitrogens with one attached hydrogen (secondary N) is 1. The van der Waals surface area contributed by atoms with E-state index in [0.717, 1.165) is 26.1 Å². The van der Waals surface area contributed by atoms with Gasteiger partial charge in [0.1, 0.15) is 16.4 Å². The highest BCUT2D eigenvalue weighted by Crippen LogP contribution is 2.32. The van der Waals surface area contributed by atoms with Gasteiger partial charge in [0.25, 0.3) is 0 Å². The summed E-state index contributed by atoms with van der Waals surface area (Å²) in [5.41, 5.74) is 6.65. The van der Waals surface area contributed by atoms with Gasteiger partial charge in [0.15, 0.2) is 0 Å². The molecule has 5 nitrogen and oxygen atoms in total. The molecule has 3 rings (SSSR count). The van der Waals surface area contributed by atoms with Crippen molar-refractivity contribution in [3.05, 3.63) is 33.6 Å². The van der Waals surface area contributed by atoms with E-state index in [1.165, 1.54) is 4.88 Å². The molecule has 0 aliphatic rings. The molecule has 2 heterocycles.